The number of aromatic nitrogens is 3. The molecule has 1 amide bonds. The van der Waals surface area contributed by atoms with Gasteiger partial charge in [-0.2, -0.15) is 0 Å². The van der Waals surface area contributed by atoms with Crippen molar-refractivity contribution < 1.29 is 13.2 Å². The van der Waals surface area contributed by atoms with E-state index in [1.165, 1.54) is 12.1 Å². The van der Waals surface area contributed by atoms with Crippen LogP contribution in [0, 0.1) is 6.92 Å². The fourth-order valence-electron chi connectivity index (χ4n) is 2.57. The number of carbonyl (C=O) groups is 1. The Labute approximate surface area is 145 Å². The van der Waals surface area contributed by atoms with Crippen LogP contribution in [0.25, 0.3) is 5.65 Å². The molecule has 0 unspecified atom stereocenters. The summed E-state index contributed by atoms with van der Waals surface area (Å²) < 4.78 is 25.2. The quantitative estimate of drug-likeness (QED) is 0.769. The zero-order valence-electron chi connectivity index (χ0n) is 14.1. The number of fused-ring (bicyclic) bond motifs is 1. The van der Waals surface area contributed by atoms with Gasteiger partial charge < -0.3 is 5.32 Å². The predicted molar refractivity (Wildman–Crippen MR) is 93.2 cm³/mol. The van der Waals surface area contributed by atoms with Crippen molar-refractivity contribution in [2.45, 2.75) is 24.8 Å². The molecule has 0 fully saturated rings. The molecule has 25 heavy (non-hydrogen) atoms. The number of nitrogens with one attached hydrogen (secondary N) is 1. The van der Waals surface area contributed by atoms with Crippen LogP contribution in [-0.2, 0) is 9.84 Å². The van der Waals surface area contributed by atoms with E-state index in [-0.39, 0.29) is 10.8 Å². The minimum absolute atomic E-state index is 0.115. The van der Waals surface area contributed by atoms with Crippen molar-refractivity contribution in [3.63, 3.8) is 0 Å². The molecule has 2 heterocycles. The molecule has 8 heteroatoms. The van der Waals surface area contributed by atoms with Crippen LogP contribution in [0.1, 0.15) is 34.7 Å². The van der Waals surface area contributed by atoms with E-state index in [2.05, 4.69) is 15.5 Å². The van der Waals surface area contributed by atoms with Crippen LogP contribution in [0.5, 0.6) is 0 Å². The molecule has 1 aromatic carbocycles. The van der Waals surface area contributed by atoms with Crippen LogP contribution in [0.2, 0.25) is 0 Å². The van der Waals surface area contributed by atoms with E-state index < -0.39 is 15.9 Å². The van der Waals surface area contributed by atoms with Gasteiger partial charge in [0.1, 0.15) is 0 Å². The number of nitrogens with zero attached hydrogens (tertiary/aromatic N) is 3. The maximum Gasteiger partial charge on any atom is 0.252 e. The topological polar surface area (TPSA) is 93.4 Å². The first kappa shape index (κ1) is 17.1. The lowest BCUT2D eigenvalue weighted by molar-refractivity contribution is 0.0937. The molecule has 0 spiro atoms. The molecule has 2 aromatic heterocycles. The van der Waals surface area contributed by atoms with Gasteiger partial charge >= 0.3 is 0 Å². The summed E-state index contributed by atoms with van der Waals surface area (Å²) in [7, 11) is -3.38. The molecule has 130 valence electrons. The second-order valence-corrected chi connectivity index (χ2v) is 7.95. The Balaban J connectivity index is 1.89. The zero-order valence-corrected chi connectivity index (χ0v) is 14.9. The van der Waals surface area contributed by atoms with Gasteiger partial charge in [-0.3, -0.25) is 9.20 Å². The monoisotopic (exact) mass is 358 g/mol. The Morgan fingerprint density at radius 2 is 1.96 bits per heavy atom. The molecule has 0 aliphatic carbocycles. The van der Waals surface area contributed by atoms with Crippen LogP contribution in [0.3, 0.4) is 0 Å². The summed E-state index contributed by atoms with van der Waals surface area (Å²) in [6.07, 6.45) is 2.94. The predicted octanol–water partition coefficient (Wildman–Crippen LogP) is 1.93. The molecular weight excluding hydrogens is 340 g/mol. The molecule has 0 radical (unpaired) electrons. The lowest BCUT2D eigenvalue weighted by Crippen LogP contribution is -2.28. The van der Waals surface area contributed by atoms with Gasteiger partial charge in [0, 0.05) is 18.0 Å². The number of carbonyl (C=O) groups excluding carboxylic acids is 1. The average molecular weight is 358 g/mol. The fourth-order valence-corrected chi connectivity index (χ4v) is 3.22. The van der Waals surface area contributed by atoms with E-state index in [1.807, 2.05) is 24.4 Å². The van der Waals surface area contributed by atoms with E-state index >= 15 is 0 Å². The van der Waals surface area contributed by atoms with Crippen LogP contribution in [-0.4, -0.2) is 35.2 Å². The summed E-state index contributed by atoms with van der Waals surface area (Å²) in [6.45, 7) is 3.56. The molecule has 1 N–H and O–H groups in total. The first-order valence-electron chi connectivity index (χ1n) is 7.68. The Hall–Kier alpha value is -2.74. The standard InChI is InChI=1S/C17H18N4O3S/c1-11-7-8-13(25(3,23)24)10-14(11)17(22)18-12(2)16-20-19-15-6-4-5-9-21(15)16/h4-10,12H,1-3H3,(H,18,22)/t12-/m0/s1. The van der Waals surface area contributed by atoms with Gasteiger partial charge in [-0.15, -0.1) is 10.2 Å². The van der Waals surface area contributed by atoms with E-state index in [1.54, 1.807) is 24.3 Å². The summed E-state index contributed by atoms with van der Waals surface area (Å²) in [5.74, 6) is 0.240. The first-order chi connectivity index (χ1) is 11.8. The fraction of sp³-hybridized carbons (Fsp3) is 0.235. The Morgan fingerprint density at radius 3 is 2.68 bits per heavy atom. The van der Waals surface area contributed by atoms with Gasteiger partial charge in [0.05, 0.1) is 10.9 Å². The van der Waals surface area contributed by atoms with Crippen molar-refractivity contribution in [1.29, 1.82) is 0 Å². The van der Waals surface area contributed by atoms with Gasteiger partial charge in [-0.25, -0.2) is 8.42 Å². The summed E-state index contributed by atoms with van der Waals surface area (Å²) in [6, 6.07) is 9.66. The molecule has 0 bridgehead atoms. The molecule has 0 saturated heterocycles. The summed E-state index contributed by atoms with van der Waals surface area (Å²) in [5.41, 5.74) is 1.71. The Bertz CT molecular complexity index is 1060. The van der Waals surface area contributed by atoms with E-state index in [0.717, 1.165) is 6.26 Å². The Morgan fingerprint density at radius 1 is 1.20 bits per heavy atom. The highest BCUT2D eigenvalue weighted by atomic mass is 32.2. The van der Waals surface area contributed by atoms with Crippen LogP contribution in [0.4, 0.5) is 0 Å². The largest absolute Gasteiger partial charge is 0.342 e. The second-order valence-electron chi connectivity index (χ2n) is 5.93. The van der Waals surface area contributed by atoms with Crippen molar-refractivity contribution in [2.75, 3.05) is 6.26 Å². The van der Waals surface area contributed by atoms with Crippen LogP contribution < -0.4 is 5.32 Å². The van der Waals surface area contributed by atoms with Gasteiger partial charge in [0.15, 0.2) is 21.3 Å². The maximum atomic E-state index is 12.6. The normalized spacial score (nSPS) is 12.9. The van der Waals surface area contributed by atoms with Crippen molar-refractivity contribution in [1.82, 2.24) is 19.9 Å². The number of benzene rings is 1. The van der Waals surface area contributed by atoms with Crippen molar-refractivity contribution >= 4 is 21.4 Å². The number of hydrogen-bond donors (Lipinski definition) is 1. The van der Waals surface area contributed by atoms with Crippen LogP contribution in [0.15, 0.2) is 47.5 Å². The average Bonchev–Trinajstić information content (AvgIpc) is 2.98. The number of aryl methyl sites for hydroxylation is 1. The minimum Gasteiger partial charge on any atom is -0.342 e. The van der Waals surface area contributed by atoms with Gasteiger partial charge in [0.25, 0.3) is 5.91 Å². The molecular formula is C17H18N4O3S. The third-order valence-electron chi connectivity index (χ3n) is 3.96. The van der Waals surface area contributed by atoms with Crippen molar-refractivity contribution in [3.8, 4) is 0 Å². The first-order valence-corrected chi connectivity index (χ1v) is 9.58. The van der Waals surface area contributed by atoms with E-state index in [4.69, 9.17) is 0 Å². The SMILES string of the molecule is Cc1ccc(S(C)(=O)=O)cc1C(=O)N[C@@H](C)c1nnc2ccccn12. The van der Waals surface area contributed by atoms with Crippen molar-refractivity contribution in [3.05, 3.63) is 59.5 Å². The van der Waals surface area contributed by atoms with Gasteiger partial charge in [-0.1, -0.05) is 12.1 Å². The smallest absolute Gasteiger partial charge is 0.252 e. The van der Waals surface area contributed by atoms with E-state index in [0.29, 0.717) is 22.6 Å². The van der Waals surface area contributed by atoms with E-state index in [9.17, 15) is 13.2 Å². The number of pyridine rings is 1. The highest BCUT2D eigenvalue weighted by Crippen LogP contribution is 2.18. The molecule has 0 aliphatic rings. The molecule has 0 saturated carbocycles. The third-order valence-corrected chi connectivity index (χ3v) is 5.07. The molecule has 3 aromatic rings. The van der Waals surface area contributed by atoms with Gasteiger partial charge in [-0.05, 0) is 43.7 Å². The second kappa shape index (κ2) is 6.29. The Kier molecular flexibility index (Phi) is 4.30. The zero-order chi connectivity index (χ0) is 18.2. The molecule has 1 atom stereocenters. The number of amides is 1. The van der Waals surface area contributed by atoms with Gasteiger partial charge in [0.2, 0.25) is 0 Å². The highest BCUT2D eigenvalue weighted by Gasteiger charge is 2.19. The van der Waals surface area contributed by atoms with Crippen molar-refractivity contribution in [2.24, 2.45) is 0 Å². The summed E-state index contributed by atoms with van der Waals surface area (Å²) in [5, 5.41) is 11.0. The number of rotatable bonds is 4. The number of sulfone groups is 1. The molecule has 0 aliphatic heterocycles. The lowest BCUT2D eigenvalue weighted by Gasteiger charge is -2.14. The highest BCUT2D eigenvalue weighted by molar-refractivity contribution is 7.90. The molecule has 7 nitrogen and oxygen atoms in total. The minimum atomic E-state index is -3.38. The third kappa shape index (κ3) is 3.39. The summed E-state index contributed by atoms with van der Waals surface area (Å²) in [4.78, 5) is 12.7. The lowest BCUT2D eigenvalue weighted by atomic mass is 10.1. The maximum absolute atomic E-state index is 12.6. The number of hydrogen-bond acceptors (Lipinski definition) is 5. The summed E-state index contributed by atoms with van der Waals surface area (Å²) >= 11 is 0. The molecule has 3 rings (SSSR count). The van der Waals surface area contributed by atoms with Crippen LogP contribution >= 0.6 is 0 Å².